The Kier molecular flexibility index (Phi) is 6.06. The Morgan fingerprint density at radius 2 is 2.10 bits per heavy atom. The van der Waals surface area contributed by atoms with E-state index in [1.807, 2.05) is 24.0 Å². The van der Waals surface area contributed by atoms with E-state index in [1.165, 1.54) is 5.69 Å². The fraction of sp³-hybridized carbons (Fsp3) is 0.636. The van der Waals surface area contributed by atoms with E-state index < -0.39 is 0 Å². The molecule has 1 atom stereocenters. The minimum atomic E-state index is 0.0503. The van der Waals surface area contributed by atoms with Crippen molar-refractivity contribution in [3.63, 3.8) is 0 Å². The van der Waals surface area contributed by atoms with Crippen LogP contribution in [0.15, 0.2) is 16.5 Å². The predicted octanol–water partition coefficient (Wildman–Crippen LogP) is 2.56. The number of hydrogen-bond acceptors (Lipinski definition) is 5. The van der Waals surface area contributed by atoms with Crippen molar-refractivity contribution in [2.75, 3.05) is 26.3 Å². The highest BCUT2D eigenvalue weighted by Crippen LogP contribution is 2.27. The minimum Gasteiger partial charge on any atom is -0.465 e. The average molecular weight is 401 g/mol. The molecule has 0 spiro atoms. The summed E-state index contributed by atoms with van der Waals surface area (Å²) in [6.45, 7) is 10.4. The molecule has 7 heteroatoms. The van der Waals surface area contributed by atoms with Gasteiger partial charge in [0.05, 0.1) is 19.8 Å². The van der Waals surface area contributed by atoms with Crippen LogP contribution in [0.1, 0.15) is 53.5 Å². The standard InChI is InChI=1S/C22H32N4O3/c1-15(2)14-26-20-7-5-17(23-13-18-6-4-16(3)29-18)12-19(20)21(24-26)22(27)25-8-10-28-11-9-25/h4,6,15,17,23H,5,7-14H2,1-3H3/t17-/m1/s1. The number of carbonyl (C=O) groups excluding carboxylic acids is 1. The number of nitrogens with zero attached hydrogens (tertiary/aromatic N) is 3. The largest absolute Gasteiger partial charge is 0.465 e. The summed E-state index contributed by atoms with van der Waals surface area (Å²) < 4.78 is 13.2. The SMILES string of the molecule is Cc1ccc(CN[C@@H]2CCc3c(c(C(=O)N4CCOCC4)nn3CC(C)C)C2)o1. The molecule has 1 N–H and O–H groups in total. The molecule has 1 aliphatic heterocycles. The van der Waals surface area contributed by atoms with Crippen LogP contribution in [0.4, 0.5) is 0 Å². The lowest BCUT2D eigenvalue weighted by Gasteiger charge is -2.27. The van der Waals surface area contributed by atoms with Crippen molar-refractivity contribution >= 4 is 5.91 Å². The van der Waals surface area contributed by atoms with Crippen molar-refractivity contribution in [1.29, 1.82) is 0 Å². The Bertz CT molecular complexity index is 848. The van der Waals surface area contributed by atoms with Crippen LogP contribution >= 0.6 is 0 Å². The third-order valence-electron chi connectivity index (χ3n) is 5.75. The van der Waals surface area contributed by atoms with Crippen LogP contribution in [0.5, 0.6) is 0 Å². The van der Waals surface area contributed by atoms with Gasteiger partial charge >= 0.3 is 0 Å². The number of furan rings is 1. The van der Waals surface area contributed by atoms with Crippen molar-refractivity contribution in [2.24, 2.45) is 5.92 Å². The zero-order valence-corrected chi connectivity index (χ0v) is 17.7. The van der Waals surface area contributed by atoms with Gasteiger partial charge in [0.1, 0.15) is 11.5 Å². The van der Waals surface area contributed by atoms with Gasteiger partial charge in [-0.25, -0.2) is 0 Å². The van der Waals surface area contributed by atoms with Gasteiger partial charge in [-0.15, -0.1) is 0 Å². The molecule has 0 saturated carbocycles. The summed E-state index contributed by atoms with van der Waals surface area (Å²) in [6, 6.07) is 4.33. The summed E-state index contributed by atoms with van der Waals surface area (Å²) in [5.74, 6) is 2.42. The molecule has 3 heterocycles. The van der Waals surface area contributed by atoms with Crippen LogP contribution in [-0.2, 0) is 30.7 Å². The quantitative estimate of drug-likeness (QED) is 0.807. The number of rotatable bonds is 6. The Labute approximate surface area is 172 Å². The molecule has 0 bridgehead atoms. The van der Waals surface area contributed by atoms with Gasteiger partial charge in [-0.05, 0) is 44.2 Å². The molecule has 158 valence electrons. The van der Waals surface area contributed by atoms with E-state index in [4.69, 9.17) is 14.3 Å². The summed E-state index contributed by atoms with van der Waals surface area (Å²) in [6.07, 6.45) is 2.82. The fourth-order valence-corrected chi connectivity index (χ4v) is 4.27. The van der Waals surface area contributed by atoms with E-state index in [9.17, 15) is 4.79 Å². The Hall–Kier alpha value is -2.12. The fourth-order valence-electron chi connectivity index (χ4n) is 4.27. The molecule has 1 aliphatic carbocycles. The van der Waals surface area contributed by atoms with Crippen LogP contribution in [0, 0.1) is 12.8 Å². The number of fused-ring (bicyclic) bond motifs is 1. The van der Waals surface area contributed by atoms with Gasteiger partial charge in [0, 0.05) is 36.9 Å². The second-order valence-electron chi connectivity index (χ2n) is 8.59. The summed E-state index contributed by atoms with van der Waals surface area (Å²) in [4.78, 5) is 15.1. The third-order valence-corrected chi connectivity index (χ3v) is 5.75. The number of ether oxygens (including phenoxy) is 1. The molecule has 2 aromatic rings. The van der Waals surface area contributed by atoms with E-state index in [0.29, 0.717) is 50.5 Å². The monoisotopic (exact) mass is 400 g/mol. The smallest absolute Gasteiger partial charge is 0.274 e. The molecule has 4 rings (SSSR count). The third kappa shape index (κ3) is 4.56. The summed E-state index contributed by atoms with van der Waals surface area (Å²) in [7, 11) is 0. The summed E-state index contributed by atoms with van der Waals surface area (Å²) in [5, 5.41) is 8.41. The second kappa shape index (κ2) is 8.71. The van der Waals surface area contributed by atoms with Gasteiger partial charge in [-0.3, -0.25) is 9.48 Å². The predicted molar refractivity (Wildman–Crippen MR) is 110 cm³/mol. The highest BCUT2D eigenvalue weighted by molar-refractivity contribution is 5.94. The zero-order chi connectivity index (χ0) is 20.4. The van der Waals surface area contributed by atoms with Crippen LogP contribution in [0.2, 0.25) is 0 Å². The van der Waals surface area contributed by atoms with E-state index in [2.05, 4.69) is 23.8 Å². The van der Waals surface area contributed by atoms with Crippen molar-refractivity contribution in [1.82, 2.24) is 20.0 Å². The van der Waals surface area contributed by atoms with Gasteiger partial charge in [0.25, 0.3) is 5.91 Å². The number of amides is 1. The second-order valence-corrected chi connectivity index (χ2v) is 8.59. The maximum Gasteiger partial charge on any atom is 0.274 e. The molecule has 0 unspecified atom stereocenters. The van der Waals surface area contributed by atoms with Gasteiger partial charge in [0.2, 0.25) is 0 Å². The number of nitrogens with one attached hydrogen (secondary N) is 1. The number of carbonyl (C=O) groups is 1. The lowest BCUT2D eigenvalue weighted by atomic mass is 9.91. The Morgan fingerprint density at radius 3 is 2.79 bits per heavy atom. The minimum absolute atomic E-state index is 0.0503. The first-order chi connectivity index (χ1) is 14.0. The molecular weight excluding hydrogens is 368 g/mol. The zero-order valence-electron chi connectivity index (χ0n) is 17.7. The van der Waals surface area contributed by atoms with Crippen LogP contribution in [-0.4, -0.2) is 52.9 Å². The molecule has 1 saturated heterocycles. The van der Waals surface area contributed by atoms with Crippen LogP contribution in [0.25, 0.3) is 0 Å². The van der Waals surface area contributed by atoms with Crippen molar-refractivity contribution in [3.8, 4) is 0 Å². The molecule has 0 aromatic carbocycles. The molecule has 29 heavy (non-hydrogen) atoms. The molecule has 2 aliphatic rings. The number of hydrogen-bond donors (Lipinski definition) is 1. The van der Waals surface area contributed by atoms with Gasteiger partial charge in [0.15, 0.2) is 5.69 Å². The van der Waals surface area contributed by atoms with Gasteiger partial charge in [-0.2, -0.15) is 5.10 Å². The molecule has 1 fully saturated rings. The number of aryl methyl sites for hydroxylation is 1. The molecule has 7 nitrogen and oxygen atoms in total. The molecule has 0 radical (unpaired) electrons. The van der Waals surface area contributed by atoms with Crippen molar-refractivity contribution in [2.45, 2.75) is 59.2 Å². The topological polar surface area (TPSA) is 72.5 Å². The Balaban J connectivity index is 1.53. The van der Waals surface area contributed by atoms with Crippen molar-refractivity contribution < 1.29 is 13.9 Å². The van der Waals surface area contributed by atoms with E-state index in [0.717, 1.165) is 42.9 Å². The highest BCUT2D eigenvalue weighted by atomic mass is 16.5. The first-order valence-corrected chi connectivity index (χ1v) is 10.8. The van der Waals surface area contributed by atoms with Crippen molar-refractivity contribution in [3.05, 3.63) is 40.6 Å². The van der Waals surface area contributed by atoms with E-state index >= 15 is 0 Å². The first kappa shape index (κ1) is 20.2. The number of aromatic nitrogens is 2. The lowest BCUT2D eigenvalue weighted by Crippen LogP contribution is -2.41. The molecule has 2 aromatic heterocycles. The van der Waals surface area contributed by atoms with E-state index in [1.54, 1.807) is 0 Å². The van der Waals surface area contributed by atoms with Crippen LogP contribution in [0.3, 0.4) is 0 Å². The first-order valence-electron chi connectivity index (χ1n) is 10.8. The molecule has 1 amide bonds. The van der Waals surface area contributed by atoms with E-state index in [-0.39, 0.29) is 5.91 Å². The maximum absolute atomic E-state index is 13.2. The normalized spacial score (nSPS) is 19.6. The summed E-state index contributed by atoms with van der Waals surface area (Å²) in [5.41, 5.74) is 3.01. The lowest BCUT2D eigenvalue weighted by molar-refractivity contribution is 0.0297. The molecular formula is C22H32N4O3. The number of morpholine rings is 1. The maximum atomic E-state index is 13.2. The summed E-state index contributed by atoms with van der Waals surface area (Å²) >= 11 is 0. The average Bonchev–Trinajstić information content (AvgIpc) is 3.29. The van der Waals surface area contributed by atoms with Gasteiger partial charge < -0.3 is 19.4 Å². The Morgan fingerprint density at radius 1 is 1.31 bits per heavy atom. The van der Waals surface area contributed by atoms with Gasteiger partial charge in [-0.1, -0.05) is 13.8 Å². The van der Waals surface area contributed by atoms with Crippen LogP contribution < -0.4 is 5.32 Å². The highest BCUT2D eigenvalue weighted by Gasteiger charge is 2.31.